The first-order valence-electron chi connectivity index (χ1n) is 7.63. The van der Waals surface area contributed by atoms with Gasteiger partial charge in [0.05, 0.1) is 17.1 Å². The molecule has 1 aromatic carbocycles. The largest absolute Gasteiger partial charge is 0.419 e. The van der Waals surface area contributed by atoms with E-state index in [-0.39, 0.29) is 0 Å². The number of benzene rings is 1. The summed E-state index contributed by atoms with van der Waals surface area (Å²) in [6, 6.07) is 12.4. The molecule has 2 heterocycles. The van der Waals surface area contributed by atoms with Crippen molar-refractivity contribution in [2.45, 2.75) is 32.0 Å². The van der Waals surface area contributed by atoms with Gasteiger partial charge in [-0.05, 0) is 36.4 Å². The maximum atomic E-state index is 6.19. The van der Waals surface area contributed by atoms with Crippen LogP contribution in [0.25, 0.3) is 11.5 Å². The Morgan fingerprint density at radius 2 is 2.00 bits per heavy atom. The summed E-state index contributed by atoms with van der Waals surface area (Å²) in [6.07, 6.45) is 2.49. The summed E-state index contributed by atoms with van der Waals surface area (Å²) < 4.78 is 5.83. The van der Waals surface area contributed by atoms with Gasteiger partial charge in [-0.15, -0.1) is 21.5 Å². The molecule has 0 saturated heterocycles. The molecule has 23 heavy (non-hydrogen) atoms. The molecule has 118 valence electrons. The summed E-state index contributed by atoms with van der Waals surface area (Å²) >= 11 is 7.98. The summed E-state index contributed by atoms with van der Waals surface area (Å²) in [5.41, 5.74) is 0.782. The molecule has 1 saturated carbocycles. The van der Waals surface area contributed by atoms with E-state index < -0.39 is 0 Å². The Labute approximate surface area is 143 Å². The lowest BCUT2D eigenvalue weighted by molar-refractivity contribution is 0.223. The Bertz CT molecular complexity index is 783. The van der Waals surface area contributed by atoms with Crippen LogP contribution < -0.4 is 0 Å². The van der Waals surface area contributed by atoms with Crippen LogP contribution in [0.3, 0.4) is 0 Å². The molecule has 6 heteroatoms. The highest BCUT2D eigenvalue weighted by Crippen LogP contribution is 2.31. The average Bonchev–Trinajstić information content (AvgIpc) is 3.08. The maximum Gasteiger partial charge on any atom is 0.249 e. The van der Waals surface area contributed by atoms with Crippen LogP contribution >= 0.6 is 22.9 Å². The number of halogens is 1. The predicted molar refractivity (Wildman–Crippen MR) is 91.3 cm³/mol. The standard InChI is InChI=1S/C17H16ClN3OS/c18-15-6-2-1-5-14(15)17-20-19-16(22-17)11-21(12-7-8-12)10-13-4-3-9-23-13/h1-6,9,12H,7-8,10-11H2. The van der Waals surface area contributed by atoms with Gasteiger partial charge in [0.25, 0.3) is 0 Å². The fourth-order valence-corrected chi connectivity index (χ4v) is 3.54. The highest BCUT2D eigenvalue weighted by molar-refractivity contribution is 7.09. The van der Waals surface area contributed by atoms with E-state index in [2.05, 4.69) is 32.6 Å². The molecule has 0 N–H and O–H groups in total. The van der Waals surface area contributed by atoms with Gasteiger partial charge in [0.15, 0.2) is 0 Å². The number of hydrogen-bond acceptors (Lipinski definition) is 5. The van der Waals surface area contributed by atoms with Crippen LogP contribution in [-0.4, -0.2) is 21.1 Å². The van der Waals surface area contributed by atoms with Gasteiger partial charge >= 0.3 is 0 Å². The van der Waals surface area contributed by atoms with Gasteiger partial charge < -0.3 is 4.42 Å². The highest BCUT2D eigenvalue weighted by Gasteiger charge is 2.30. The van der Waals surface area contributed by atoms with Crippen molar-refractivity contribution in [2.24, 2.45) is 0 Å². The molecular weight excluding hydrogens is 330 g/mol. The summed E-state index contributed by atoms with van der Waals surface area (Å²) in [6.45, 7) is 1.62. The van der Waals surface area contributed by atoms with E-state index in [0.717, 1.165) is 12.1 Å². The zero-order valence-corrected chi connectivity index (χ0v) is 14.1. The quantitative estimate of drug-likeness (QED) is 0.654. The van der Waals surface area contributed by atoms with Crippen LogP contribution in [0.4, 0.5) is 0 Å². The third-order valence-electron chi connectivity index (χ3n) is 3.91. The third kappa shape index (κ3) is 3.47. The lowest BCUT2D eigenvalue weighted by Crippen LogP contribution is -2.24. The molecule has 0 amide bonds. The fraction of sp³-hybridized carbons (Fsp3) is 0.294. The Hall–Kier alpha value is -1.69. The van der Waals surface area contributed by atoms with Crippen molar-refractivity contribution in [3.8, 4) is 11.5 Å². The number of nitrogens with zero attached hydrogens (tertiary/aromatic N) is 3. The van der Waals surface area contributed by atoms with E-state index in [4.69, 9.17) is 16.0 Å². The molecule has 0 bridgehead atoms. The van der Waals surface area contributed by atoms with Crippen LogP contribution in [0.2, 0.25) is 5.02 Å². The average molecular weight is 346 g/mol. The maximum absolute atomic E-state index is 6.19. The summed E-state index contributed by atoms with van der Waals surface area (Å²) in [7, 11) is 0. The second-order valence-corrected chi connectivity index (χ2v) is 7.14. The lowest BCUT2D eigenvalue weighted by Gasteiger charge is -2.18. The number of aromatic nitrogens is 2. The molecule has 1 aliphatic rings. The van der Waals surface area contributed by atoms with E-state index in [9.17, 15) is 0 Å². The Kier molecular flexibility index (Phi) is 4.16. The zero-order valence-electron chi connectivity index (χ0n) is 12.5. The number of rotatable bonds is 6. The van der Waals surface area contributed by atoms with Crippen LogP contribution in [0.5, 0.6) is 0 Å². The van der Waals surface area contributed by atoms with Crippen LogP contribution in [0.15, 0.2) is 46.2 Å². The molecule has 4 nitrogen and oxygen atoms in total. The SMILES string of the molecule is Clc1ccccc1-c1nnc(CN(Cc2cccs2)C2CC2)o1. The van der Waals surface area contributed by atoms with Crippen molar-refractivity contribution in [2.75, 3.05) is 0 Å². The van der Waals surface area contributed by atoms with Gasteiger partial charge in [-0.3, -0.25) is 4.90 Å². The van der Waals surface area contributed by atoms with Crippen LogP contribution in [0.1, 0.15) is 23.6 Å². The molecule has 1 aliphatic carbocycles. The first-order valence-corrected chi connectivity index (χ1v) is 8.89. The summed E-state index contributed by atoms with van der Waals surface area (Å²) in [5.74, 6) is 1.13. The second-order valence-electron chi connectivity index (χ2n) is 5.70. The minimum atomic E-state index is 0.484. The van der Waals surface area contributed by atoms with Crippen LogP contribution in [0, 0.1) is 0 Å². The molecule has 2 aromatic heterocycles. The molecule has 3 aromatic rings. The first-order chi connectivity index (χ1) is 11.3. The smallest absolute Gasteiger partial charge is 0.249 e. The van der Waals surface area contributed by atoms with Crippen LogP contribution in [-0.2, 0) is 13.1 Å². The van der Waals surface area contributed by atoms with Crippen molar-refractivity contribution < 1.29 is 4.42 Å². The first kappa shape index (κ1) is 14.9. The molecule has 1 fully saturated rings. The summed E-state index contributed by atoms with van der Waals surface area (Å²) in [5, 5.41) is 11.1. The van der Waals surface area contributed by atoms with Crippen molar-refractivity contribution in [3.05, 3.63) is 57.6 Å². The fourth-order valence-electron chi connectivity index (χ4n) is 2.59. The van der Waals surface area contributed by atoms with Crippen molar-refractivity contribution in [1.29, 1.82) is 0 Å². The molecule has 0 radical (unpaired) electrons. The van der Waals surface area contributed by atoms with Crippen molar-refractivity contribution in [1.82, 2.24) is 15.1 Å². The Balaban J connectivity index is 1.51. The van der Waals surface area contributed by atoms with Crippen molar-refractivity contribution in [3.63, 3.8) is 0 Å². The van der Waals surface area contributed by atoms with Gasteiger partial charge in [-0.1, -0.05) is 29.8 Å². The van der Waals surface area contributed by atoms with E-state index >= 15 is 0 Å². The predicted octanol–water partition coefficient (Wildman–Crippen LogP) is 4.62. The second kappa shape index (κ2) is 6.43. The van der Waals surface area contributed by atoms with E-state index in [1.165, 1.54) is 17.7 Å². The highest BCUT2D eigenvalue weighted by atomic mass is 35.5. The third-order valence-corrected chi connectivity index (χ3v) is 5.10. The van der Waals surface area contributed by atoms with Gasteiger partial charge in [0, 0.05) is 17.5 Å². The molecular formula is C17H16ClN3OS. The molecule has 0 spiro atoms. The molecule has 0 aliphatic heterocycles. The number of hydrogen-bond donors (Lipinski definition) is 0. The lowest BCUT2D eigenvalue weighted by atomic mass is 10.2. The summed E-state index contributed by atoms with van der Waals surface area (Å²) in [4.78, 5) is 3.78. The van der Waals surface area contributed by atoms with Gasteiger partial charge in [0.2, 0.25) is 11.8 Å². The Morgan fingerprint density at radius 3 is 2.74 bits per heavy atom. The molecule has 4 rings (SSSR count). The topological polar surface area (TPSA) is 42.2 Å². The number of thiophene rings is 1. The van der Waals surface area contributed by atoms with Gasteiger partial charge in [-0.25, -0.2) is 0 Å². The molecule has 0 atom stereocenters. The minimum Gasteiger partial charge on any atom is -0.419 e. The van der Waals surface area contributed by atoms with Gasteiger partial charge in [-0.2, -0.15) is 0 Å². The zero-order chi connectivity index (χ0) is 15.6. The van der Waals surface area contributed by atoms with E-state index in [1.807, 2.05) is 24.3 Å². The van der Waals surface area contributed by atoms with E-state index in [1.54, 1.807) is 11.3 Å². The van der Waals surface area contributed by atoms with Crippen molar-refractivity contribution >= 4 is 22.9 Å². The van der Waals surface area contributed by atoms with Gasteiger partial charge in [0.1, 0.15) is 0 Å². The molecule has 0 unspecified atom stereocenters. The minimum absolute atomic E-state index is 0.484. The monoisotopic (exact) mass is 345 g/mol. The van der Waals surface area contributed by atoms with E-state index in [0.29, 0.717) is 29.4 Å². The normalized spacial score (nSPS) is 14.5. The Morgan fingerprint density at radius 1 is 1.13 bits per heavy atom.